The average Bonchev–Trinajstić information content (AvgIpc) is 2.45. The molecule has 0 aliphatic heterocycles. The van der Waals surface area contributed by atoms with Gasteiger partial charge in [-0.15, -0.1) is 0 Å². The van der Waals surface area contributed by atoms with Crippen LogP contribution in [0.4, 0.5) is 0 Å². The van der Waals surface area contributed by atoms with E-state index < -0.39 is 0 Å². The number of methoxy groups -OCH3 is 2. The molecule has 2 atom stereocenters. The predicted octanol–water partition coefficient (Wildman–Crippen LogP) is 1.02. The van der Waals surface area contributed by atoms with Crippen LogP contribution in [-0.4, -0.2) is 56.6 Å². The van der Waals surface area contributed by atoms with Gasteiger partial charge in [-0.3, -0.25) is 4.90 Å². The van der Waals surface area contributed by atoms with E-state index in [-0.39, 0.29) is 18.7 Å². The van der Waals surface area contributed by atoms with Crippen molar-refractivity contribution in [3.8, 4) is 5.75 Å². The molecule has 0 aliphatic carbocycles. The van der Waals surface area contributed by atoms with E-state index in [0.717, 1.165) is 11.3 Å². The molecule has 20 heavy (non-hydrogen) atoms. The molecular weight excluding hydrogens is 256 g/mol. The Bertz CT molecular complexity index is 385. The molecule has 0 saturated carbocycles. The molecule has 0 amide bonds. The van der Waals surface area contributed by atoms with Gasteiger partial charge in [0.05, 0.1) is 26.4 Å². The molecule has 0 aromatic heterocycles. The second kappa shape index (κ2) is 8.92. The van der Waals surface area contributed by atoms with Crippen LogP contribution in [0.15, 0.2) is 24.3 Å². The zero-order valence-corrected chi connectivity index (χ0v) is 12.6. The molecule has 114 valence electrons. The van der Waals surface area contributed by atoms with E-state index in [1.165, 1.54) is 0 Å². The van der Waals surface area contributed by atoms with Gasteiger partial charge >= 0.3 is 0 Å². The summed E-state index contributed by atoms with van der Waals surface area (Å²) in [7, 11) is 3.32. The number of hydrogen-bond acceptors (Lipinski definition) is 5. The van der Waals surface area contributed by atoms with Crippen LogP contribution in [0.1, 0.15) is 18.5 Å². The minimum Gasteiger partial charge on any atom is -0.496 e. The monoisotopic (exact) mass is 282 g/mol. The molecule has 1 aromatic carbocycles. The highest BCUT2D eigenvalue weighted by molar-refractivity contribution is 5.36. The first-order valence-electron chi connectivity index (χ1n) is 6.88. The van der Waals surface area contributed by atoms with Crippen molar-refractivity contribution >= 4 is 0 Å². The van der Waals surface area contributed by atoms with Gasteiger partial charge in [-0.1, -0.05) is 18.2 Å². The van der Waals surface area contributed by atoms with Gasteiger partial charge in [0, 0.05) is 31.8 Å². The smallest absolute Gasteiger partial charge is 0.123 e. The molecule has 0 spiro atoms. The van der Waals surface area contributed by atoms with Crippen LogP contribution in [0.2, 0.25) is 0 Å². The lowest BCUT2D eigenvalue weighted by Crippen LogP contribution is -2.42. The fourth-order valence-corrected chi connectivity index (χ4v) is 2.45. The first-order chi connectivity index (χ1) is 9.65. The fourth-order valence-electron chi connectivity index (χ4n) is 2.45. The molecule has 0 aliphatic rings. The van der Waals surface area contributed by atoms with Gasteiger partial charge in [-0.2, -0.15) is 0 Å². The number of hydrogen-bond donors (Lipinski definition) is 2. The summed E-state index contributed by atoms with van der Waals surface area (Å²) in [6.45, 7) is 3.91. The standard InChI is InChI=1S/C15H26N2O3/c1-12(16)15(17(8-10-18)9-11-19-2)13-6-4-5-7-14(13)20-3/h4-7,12,15,18H,8-11,16H2,1-3H3. The Hall–Kier alpha value is -1.14. The number of aliphatic hydroxyl groups is 1. The van der Waals surface area contributed by atoms with Crippen molar-refractivity contribution in [1.29, 1.82) is 0 Å². The lowest BCUT2D eigenvalue weighted by atomic mass is 9.98. The number of benzene rings is 1. The van der Waals surface area contributed by atoms with E-state index >= 15 is 0 Å². The fraction of sp³-hybridized carbons (Fsp3) is 0.600. The lowest BCUT2D eigenvalue weighted by molar-refractivity contribution is 0.0918. The molecule has 5 heteroatoms. The van der Waals surface area contributed by atoms with Crippen LogP contribution in [-0.2, 0) is 4.74 Å². The zero-order chi connectivity index (χ0) is 15.0. The van der Waals surface area contributed by atoms with Crippen molar-refractivity contribution in [3.05, 3.63) is 29.8 Å². The molecular formula is C15H26N2O3. The van der Waals surface area contributed by atoms with E-state index in [9.17, 15) is 5.11 Å². The highest BCUT2D eigenvalue weighted by atomic mass is 16.5. The van der Waals surface area contributed by atoms with Crippen molar-refractivity contribution < 1.29 is 14.6 Å². The Morgan fingerprint density at radius 2 is 1.95 bits per heavy atom. The summed E-state index contributed by atoms with van der Waals surface area (Å²) in [6.07, 6.45) is 0. The van der Waals surface area contributed by atoms with Crippen LogP contribution in [0.3, 0.4) is 0 Å². The normalized spacial score (nSPS) is 14.3. The molecule has 1 aromatic rings. The maximum absolute atomic E-state index is 9.29. The molecule has 2 unspecified atom stereocenters. The topological polar surface area (TPSA) is 68.0 Å². The van der Waals surface area contributed by atoms with Crippen molar-refractivity contribution in [2.75, 3.05) is 40.5 Å². The summed E-state index contributed by atoms with van der Waals surface area (Å²) < 4.78 is 10.6. The highest BCUT2D eigenvalue weighted by Gasteiger charge is 2.26. The Morgan fingerprint density at radius 3 is 2.50 bits per heavy atom. The summed E-state index contributed by atoms with van der Waals surface area (Å²) in [4.78, 5) is 2.13. The molecule has 0 saturated heterocycles. The summed E-state index contributed by atoms with van der Waals surface area (Å²) in [5, 5.41) is 9.29. The Morgan fingerprint density at radius 1 is 1.25 bits per heavy atom. The molecule has 0 heterocycles. The van der Waals surface area contributed by atoms with Crippen molar-refractivity contribution in [3.63, 3.8) is 0 Å². The minimum absolute atomic E-state index is 0.0200. The minimum atomic E-state index is -0.0882. The summed E-state index contributed by atoms with van der Waals surface area (Å²) in [6, 6.07) is 7.75. The van der Waals surface area contributed by atoms with Crippen molar-refractivity contribution in [2.45, 2.75) is 19.0 Å². The van der Waals surface area contributed by atoms with Gasteiger partial charge in [0.2, 0.25) is 0 Å². The molecule has 5 nitrogen and oxygen atoms in total. The second-order valence-electron chi connectivity index (χ2n) is 4.80. The summed E-state index contributed by atoms with van der Waals surface area (Å²) in [5.41, 5.74) is 7.21. The van der Waals surface area contributed by atoms with E-state index in [0.29, 0.717) is 19.7 Å². The number of nitrogens with zero attached hydrogens (tertiary/aromatic N) is 1. The Labute approximate surface area is 121 Å². The van der Waals surface area contributed by atoms with Crippen LogP contribution < -0.4 is 10.5 Å². The van der Waals surface area contributed by atoms with Gasteiger partial charge in [0.1, 0.15) is 5.75 Å². The van der Waals surface area contributed by atoms with E-state index in [4.69, 9.17) is 15.2 Å². The number of aliphatic hydroxyl groups excluding tert-OH is 1. The van der Waals surface area contributed by atoms with Gasteiger partial charge < -0.3 is 20.3 Å². The van der Waals surface area contributed by atoms with E-state index in [1.807, 2.05) is 31.2 Å². The summed E-state index contributed by atoms with van der Waals surface area (Å²) >= 11 is 0. The Balaban J connectivity index is 3.06. The third-order valence-electron chi connectivity index (χ3n) is 3.32. The van der Waals surface area contributed by atoms with Gasteiger partial charge in [-0.25, -0.2) is 0 Å². The molecule has 0 bridgehead atoms. The number of para-hydroxylation sites is 1. The number of nitrogens with two attached hydrogens (primary N) is 1. The van der Waals surface area contributed by atoms with Gasteiger partial charge in [-0.05, 0) is 13.0 Å². The molecule has 1 rings (SSSR count). The zero-order valence-electron chi connectivity index (χ0n) is 12.6. The van der Waals surface area contributed by atoms with Gasteiger partial charge in [0.15, 0.2) is 0 Å². The van der Waals surface area contributed by atoms with Crippen molar-refractivity contribution in [2.24, 2.45) is 5.73 Å². The highest BCUT2D eigenvalue weighted by Crippen LogP contribution is 2.30. The lowest BCUT2D eigenvalue weighted by Gasteiger charge is -2.34. The number of rotatable bonds is 9. The molecule has 0 radical (unpaired) electrons. The first-order valence-corrected chi connectivity index (χ1v) is 6.88. The second-order valence-corrected chi connectivity index (χ2v) is 4.80. The van der Waals surface area contributed by atoms with Crippen LogP contribution in [0, 0.1) is 0 Å². The summed E-state index contributed by atoms with van der Waals surface area (Å²) in [5.74, 6) is 0.815. The number of ether oxygens (including phenoxy) is 2. The maximum Gasteiger partial charge on any atom is 0.123 e. The largest absolute Gasteiger partial charge is 0.496 e. The van der Waals surface area contributed by atoms with Crippen LogP contribution in [0.5, 0.6) is 5.75 Å². The van der Waals surface area contributed by atoms with Crippen LogP contribution in [0.25, 0.3) is 0 Å². The average molecular weight is 282 g/mol. The Kier molecular flexibility index (Phi) is 7.54. The maximum atomic E-state index is 9.29. The van der Waals surface area contributed by atoms with E-state index in [1.54, 1.807) is 14.2 Å². The van der Waals surface area contributed by atoms with Crippen LogP contribution >= 0.6 is 0 Å². The van der Waals surface area contributed by atoms with Gasteiger partial charge in [0.25, 0.3) is 0 Å². The van der Waals surface area contributed by atoms with E-state index in [2.05, 4.69) is 4.90 Å². The quantitative estimate of drug-likeness (QED) is 0.708. The third kappa shape index (κ3) is 4.45. The molecule has 3 N–H and O–H groups in total. The molecule has 0 fully saturated rings. The first kappa shape index (κ1) is 16.9. The third-order valence-corrected chi connectivity index (χ3v) is 3.32. The predicted molar refractivity (Wildman–Crippen MR) is 79.9 cm³/mol. The van der Waals surface area contributed by atoms with Crippen molar-refractivity contribution in [1.82, 2.24) is 4.90 Å². The SMILES string of the molecule is COCCN(CCO)C(c1ccccc1OC)C(C)N.